The molecule has 0 unspecified atom stereocenters. The first-order valence-electron chi connectivity index (χ1n) is 5.78. The van der Waals surface area contributed by atoms with Gasteiger partial charge in [-0.2, -0.15) is 0 Å². The largest absolute Gasteiger partial charge is 0.478 e. The normalized spacial score (nSPS) is 11.8. The van der Waals surface area contributed by atoms with E-state index in [0.717, 1.165) is 21.8 Å². The van der Waals surface area contributed by atoms with Gasteiger partial charge in [0.1, 0.15) is 9.84 Å². The van der Waals surface area contributed by atoms with Crippen LogP contribution in [0.25, 0.3) is 6.08 Å². The number of carboxylic acid groups (broad SMARTS) is 1. The topological polar surface area (TPSA) is 74.7 Å². The number of hydrogen-bond donors (Lipinski definition) is 1. The van der Waals surface area contributed by atoms with E-state index in [1.807, 2.05) is 17.0 Å². The minimum Gasteiger partial charge on any atom is -0.478 e. The smallest absolute Gasteiger partial charge is 0.328 e. The average molecular weight is 362 g/mol. The molecule has 0 aliphatic carbocycles. The molecule has 0 aromatic heterocycles. The summed E-state index contributed by atoms with van der Waals surface area (Å²) in [6, 6.07) is 5.41. The predicted molar refractivity (Wildman–Crippen MR) is 83.8 cm³/mol. The van der Waals surface area contributed by atoms with Crippen molar-refractivity contribution in [2.45, 2.75) is 0 Å². The van der Waals surface area contributed by atoms with Crippen LogP contribution in [0.4, 0.5) is 5.69 Å². The first-order chi connectivity index (χ1) is 9.19. The second kappa shape index (κ2) is 6.90. The van der Waals surface area contributed by atoms with Crippen LogP contribution in [0.15, 0.2) is 28.7 Å². The molecule has 0 saturated carbocycles. The van der Waals surface area contributed by atoms with E-state index < -0.39 is 15.8 Å². The lowest BCUT2D eigenvalue weighted by molar-refractivity contribution is -0.131. The number of hydrogen-bond acceptors (Lipinski definition) is 4. The molecule has 5 nitrogen and oxygen atoms in total. The highest BCUT2D eigenvalue weighted by Gasteiger charge is 2.08. The third-order valence-corrected chi connectivity index (χ3v) is 4.24. The lowest BCUT2D eigenvalue weighted by Gasteiger charge is -2.19. The van der Waals surface area contributed by atoms with Crippen LogP contribution in [0, 0.1) is 0 Å². The van der Waals surface area contributed by atoms with Crippen LogP contribution in [-0.2, 0) is 14.6 Å². The fourth-order valence-corrected chi connectivity index (χ4v) is 2.59. The molecule has 1 aromatic carbocycles. The molecule has 0 heterocycles. The first-order valence-corrected chi connectivity index (χ1v) is 8.64. The molecule has 0 aliphatic rings. The van der Waals surface area contributed by atoms with Gasteiger partial charge in [0.15, 0.2) is 0 Å². The van der Waals surface area contributed by atoms with Crippen LogP contribution in [0.1, 0.15) is 5.56 Å². The van der Waals surface area contributed by atoms with Crippen molar-refractivity contribution in [1.29, 1.82) is 0 Å². The Balaban J connectivity index is 2.83. The SMILES string of the molecule is CN(CCS(C)(=O)=O)c1ccc(/C=C/C(=O)O)c(Br)c1. The molecule has 0 atom stereocenters. The average Bonchev–Trinajstić information content (AvgIpc) is 2.33. The second-order valence-electron chi connectivity index (χ2n) is 4.43. The third-order valence-electron chi connectivity index (χ3n) is 2.63. The monoisotopic (exact) mass is 361 g/mol. The van der Waals surface area contributed by atoms with Gasteiger partial charge >= 0.3 is 5.97 Å². The zero-order valence-corrected chi connectivity index (χ0v) is 13.6. The summed E-state index contributed by atoms with van der Waals surface area (Å²) in [5.41, 5.74) is 1.60. The molecule has 0 spiro atoms. The molecule has 1 N–H and O–H groups in total. The van der Waals surface area contributed by atoms with Crippen molar-refractivity contribution in [3.8, 4) is 0 Å². The van der Waals surface area contributed by atoms with Gasteiger partial charge in [0.2, 0.25) is 0 Å². The molecule has 0 aliphatic heterocycles. The summed E-state index contributed by atoms with van der Waals surface area (Å²) in [5.74, 6) is -0.923. The van der Waals surface area contributed by atoms with E-state index in [2.05, 4.69) is 15.9 Å². The number of nitrogens with zero attached hydrogens (tertiary/aromatic N) is 1. The molecule has 0 saturated heterocycles. The molecular formula is C13H16BrNO4S. The van der Waals surface area contributed by atoms with Crippen molar-refractivity contribution in [3.05, 3.63) is 34.3 Å². The Morgan fingerprint density at radius 1 is 1.45 bits per heavy atom. The van der Waals surface area contributed by atoms with Crippen LogP contribution in [0.2, 0.25) is 0 Å². The van der Waals surface area contributed by atoms with E-state index in [1.54, 1.807) is 13.1 Å². The van der Waals surface area contributed by atoms with Crippen LogP contribution < -0.4 is 4.90 Å². The molecule has 0 radical (unpaired) electrons. The zero-order chi connectivity index (χ0) is 15.3. The van der Waals surface area contributed by atoms with Crippen LogP contribution in [-0.4, -0.2) is 45.1 Å². The summed E-state index contributed by atoms with van der Waals surface area (Å²) < 4.78 is 23.0. The Labute approximate surface area is 127 Å². The minimum absolute atomic E-state index is 0.0851. The van der Waals surface area contributed by atoms with Crippen molar-refractivity contribution < 1.29 is 18.3 Å². The Morgan fingerprint density at radius 2 is 2.10 bits per heavy atom. The number of benzene rings is 1. The maximum atomic E-state index is 11.1. The highest BCUT2D eigenvalue weighted by molar-refractivity contribution is 9.10. The number of carbonyl (C=O) groups is 1. The number of anilines is 1. The molecule has 7 heteroatoms. The molecule has 0 fully saturated rings. The maximum Gasteiger partial charge on any atom is 0.328 e. The lowest BCUT2D eigenvalue weighted by atomic mass is 10.2. The van der Waals surface area contributed by atoms with E-state index in [-0.39, 0.29) is 5.75 Å². The summed E-state index contributed by atoms with van der Waals surface area (Å²) in [6.07, 6.45) is 3.76. The number of aliphatic carboxylic acids is 1. The second-order valence-corrected chi connectivity index (χ2v) is 7.54. The maximum absolute atomic E-state index is 11.1. The molecule has 0 amide bonds. The van der Waals surface area contributed by atoms with Gasteiger partial charge < -0.3 is 10.0 Å². The minimum atomic E-state index is -2.99. The summed E-state index contributed by atoms with van der Waals surface area (Å²) in [7, 11) is -1.19. The van der Waals surface area contributed by atoms with Gasteiger partial charge in [-0.1, -0.05) is 22.0 Å². The number of carboxylic acids is 1. The quantitative estimate of drug-likeness (QED) is 0.784. The Morgan fingerprint density at radius 3 is 2.60 bits per heavy atom. The molecular weight excluding hydrogens is 346 g/mol. The van der Waals surface area contributed by atoms with Gasteiger partial charge in [-0.25, -0.2) is 13.2 Å². The van der Waals surface area contributed by atoms with Crippen LogP contribution in [0.5, 0.6) is 0 Å². The highest BCUT2D eigenvalue weighted by atomic mass is 79.9. The van der Waals surface area contributed by atoms with Gasteiger partial charge in [0.25, 0.3) is 0 Å². The Hall–Kier alpha value is -1.34. The van der Waals surface area contributed by atoms with Gasteiger partial charge in [-0.15, -0.1) is 0 Å². The zero-order valence-electron chi connectivity index (χ0n) is 11.2. The molecule has 20 heavy (non-hydrogen) atoms. The Kier molecular flexibility index (Phi) is 5.76. The fraction of sp³-hybridized carbons (Fsp3) is 0.308. The summed E-state index contributed by atoms with van der Waals surface area (Å²) in [6.45, 7) is 0.398. The number of sulfone groups is 1. The van der Waals surface area contributed by atoms with E-state index in [4.69, 9.17) is 5.11 Å². The third kappa shape index (κ3) is 5.75. The van der Waals surface area contributed by atoms with Crippen molar-refractivity contribution in [1.82, 2.24) is 0 Å². The number of halogens is 1. The number of rotatable bonds is 6. The van der Waals surface area contributed by atoms with Gasteiger partial charge in [0, 0.05) is 36.1 Å². The van der Waals surface area contributed by atoms with E-state index >= 15 is 0 Å². The summed E-state index contributed by atoms with van der Waals surface area (Å²) >= 11 is 3.37. The van der Waals surface area contributed by atoms with E-state index in [1.165, 1.54) is 12.3 Å². The summed E-state index contributed by atoms with van der Waals surface area (Å²) in [5, 5.41) is 8.59. The van der Waals surface area contributed by atoms with Gasteiger partial charge in [0.05, 0.1) is 5.75 Å². The van der Waals surface area contributed by atoms with E-state index in [9.17, 15) is 13.2 Å². The van der Waals surface area contributed by atoms with Crippen LogP contribution >= 0.6 is 15.9 Å². The van der Waals surface area contributed by atoms with Crippen molar-refractivity contribution in [2.75, 3.05) is 30.5 Å². The van der Waals surface area contributed by atoms with Crippen molar-refractivity contribution >= 4 is 43.5 Å². The first kappa shape index (κ1) is 16.7. The van der Waals surface area contributed by atoms with Crippen LogP contribution in [0.3, 0.4) is 0 Å². The Bertz CT molecular complexity index is 625. The lowest BCUT2D eigenvalue weighted by Crippen LogP contribution is -2.24. The molecule has 110 valence electrons. The van der Waals surface area contributed by atoms with E-state index in [0.29, 0.717) is 6.54 Å². The molecule has 0 bridgehead atoms. The van der Waals surface area contributed by atoms with Gasteiger partial charge in [-0.05, 0) is 23.8 Å². The highest BCUT2D eigenvalue weighted by Crippen LogP contribution is 2.24. The standard InChI is InChI=1S/C13H16BrNO4S/c1-15(7-8-20(2,18)19)11-5-3-10(12(14)9-11)4-6-13(16)17/h3-6,9H,7-8H2,1-2H3,(H,16,17)/b6-4+. The molecule has 1 aromatic rings. The predicted octanol–water partition coefficient (Wildman–Crippen LogP) is 2.03. The van der Waals surface area contributed by atoms with Crippen molar-refractivity contribution in [3.63, 3.8) is 0 Å². The fourth-order valence-electron chi connectivity index (χ4n) is 1.48. The summed E-state index contributed by atoms with van der Waals surface area (Å²) in [4.78, 5) is 12.3. The molecule has 1 rings (SSSR count). The van der Waals surface area contributed by atoms with Crippen molar-refractivity contribution in [2.24, 2.45) is 0 Å². The van der Waals surface area contributed by atoms with Gasteiger partial charge in [-0.3, -0.25) is 0 Å².